The first-order valence-electron chi connectivity index (χ1n) is 12.5. The first-order valence-corrected chi connectivity index (χ1v) is 12.5. The number of hydrogen-bond acceptors (Lipinski definition) is 5. The Bertz CT molecular complexity index is 508. The summed E-state index contributed by atoms with van der Waals surface area (Å²) in [6.45, 7) is 14.9. The lowest BCUT2D eigenvalue weighted by Gasteiger charge is -2.47. The van der Waals surface area contributed by atoms with Gasteiger partial charge in [0.1, 0.15) is 0 Å². The Labute approximate surface area is 207 Å². The largest absolute Gasteiger partial charge is 0.379 e. The molecule has 1 saturated carbocycles. The molecule has 0 atom stereocenters. The van der Waals surface area contributed by atoms with E-state index in [0.717, 1.165) is 51.9 Å². The Kier molecular flexibility index (Phi) is 13.0. The molecule has 0 aromatic heterocycles. The standard InChI is InChI=1S/C23H46N6O.HI/c1-3-24-22(25-11-7-13-28-14-8-12-27(2)15-16-28)26-21-23(9-5-4-6-10-23)29-17-19-30-20-18-29;/h3-21H2,1-2H3,(H2,24,25,26);1H. The predicted molar refractivity (Wildman–Crippen MR) is 141 cm³/mol. The number of nitrogens with zero attached hydrogens (tertiary/aromatic N) is 4. The molecule has 0 spiro atoms. The summed E-state index contributed by atoms with van der Waals surface area (Å²) in [5.41, 5.74) is 0.239. The molecular weight excluding hydrogens is 503 g/mol. The highest BCUT2D eigenvalue weighted by Gasteiger charge is 2.38. The van der Waals surface area contributed by atoms with Crippen molar-refractivity contribution in [1.29, 1.82) is 0 Å². The summed E-state index contributed by atoms with van der Waals surface area (Å²) in [6, 6.07) is 0. The number of morpholine rings is 1. The van der Waals surface area contributed by atoms with Gasteiger partial charge in [-0.15, -0.1) is 24.0 Å². The lowest BCUT2D eigenvalue weighted by atomic mass is 9.80. The van der Waals surface area contributed by atoms with Crippen molar-refractivity contribution in [3.05, 3.63) is 0 Å². The van der Waals surface area contributed by atoms with Crippen LogP contribution in [0.2, 0.25) is 0 Å². The van der Waals surface area contributed by atoms with Gasteiger partial charge in [-0.25, -0.2) is 0 Å². The van der Waals surface area contributed by atoms with Crippen LogP contribution >= 0.6 is 24.0 Å². The smallest absolute Gasteiger partial charge is 0.191 e. The molecule has 31 heavy (non-hydrogen) atoms. The van der Waals surface area contributed by atoms with Crippen LogP contribution in [0.5, 0.6) is 0 Å². The molecule has 182 valence electrons. The average Bonchev–Trinajstić information content (AvgIpc) is 3.00. The first-order chi connectivity index (χ1) is 14.7. The van der Waals surface area contributed by atoms with Crippen LogP contribution in [-0.4, -0.2) is 112 Å². The van der Waals surface area contributed by atoms with Gasteiger partial charge in [0.2, 0.25) is 0 Å². The number of rotatable bonds is 8. The van der Waals surface area contributed by atoms with E-state index in [0.29, 0.717) is 0 Å². The summed E-state index contributed by atoms with van der Waals surface area (Å²) in [4.78, 5) is 12.8. The summed E-state index contributed by atoms with van der Waals surface area (Å²) in [5.74, 6) is 0.992. The normalized spacial score (nSPS) is 24.3. The summed E-state index contributed by atoms with van der Waals surface area (Å²) in [7, 11) is 2.24. The van der Waals surface area contributed by atoms with Crippen molar-refractivity contribution in [1.82, 2.24) is 25.3 Å². The zero-order valence-electron chi connectivity index (χ0n) is 20.0. The van der Waals surface area contributed by atoms with Gasteiger partial charge in [-0.2, -0.15) is 0 Å². The third-order valence-corrected chi connectivity index (χ3v) is 7.10. The highest BCUT2D eigenvalue weighted by atomic mass is 127. The van der Waals surface area contributed by atoms with Crippen LogP contribution in [0.25, 0.3) is 0 Å². The summed E-state index contributed by atoms with van der Waals surface area (Å²) < 4.78 is 5.62. The minimum atomic E-state index is 0. The minimum absolute atomic E-state index is 0. The van der Waals surface area contributed by atoms with Gasteiger partial charge >= 0.3 is 0 Å². The maximum atomic E-state index is 5.62. The zero-order valence-corrected chi connectivity index (χ0v) is 22.4. The van der Waals surface area contributed by atoms with Crippen molar-refractivity contribution in [2.24, 2.45) is 4.99 Å². The van der Waals surface area contributed by atoms with E-state index in [9.17, 15) is 0 Å². The lowest BCUT2D eigenvalue weighted by molar-refractivity contribution is -0.0333. The number of guanidine groups is 1. The molecule has 1 aliphatic carbocycles. The monoisotopic (exact) mass is 550 g/mol. The Morgan fingerprint density at radius 3 is 2.45 bits per heavy atom. The number of halogens is 1. The van der Waals surface area contributed by atoms with Crippen LogP contribution in [0.3, 0.4) is 0 Å². The zero-order chi connectivity index (χ0) is 21.1. The van der Waals surface area contributed by atoms with Crippen molar-refractivity contribution in [2.45, 2.75) is 57.4 Å². The quantitative estimate of drug-likeness (QED) is 0.209. The topological polar surface area (TPSA) is 55.4 Å². The van der Waals surface area contributed by atoms with Gasteiger partial charge in [0.25, 0.3) is 0 Å². The van der Waals surface area contributed by atoms with Crippen molar-refractivity contribution in [3.63, 3.8) is 0 Å². The van der Waals surface area contributed by atoms with Crippen LogP contribution in [0.4, 0.5) is 0 Å². The molecule has 0 aromatic rings. The van der Waals surface area contributed by atoms with E-state index < -0.39 is 0 Å². The average molecular weight is 551 g/mol. The molecule has 0 unspecified atom stereocenters. The van der Waals surface area contributed by atoms with E-state index in [-0.39, 0.29) is 29.5 Å². The summed E-state index contributed by atoms with van der Waals surface area (Å²) in [5, 5.41) is 7.07. The maximum Gasteiger partial charge on any atom is 0.191 e. The number of nitrogens with one attached hydrogen (secondary N) is 2. The highest BCUT2D eigenvalue weighted by molar-refractivity contribution is 14.0. The predicted octanol–water partition coefficient (Wildman–Crippen LogP) is 2.22. The third kappa shape index (κ3) is 8.95. The Hall–Kier alpha value is -0.160. The second-order valence-electron chi connectivity index (χ2n) is 9.36. The van der Waals surface area contributed by atoms with Crippen LogP contribution in [-0.2, 0) is 4.74 Å². The second-order valence-corrected chi connectivity index (χ2v) is 9.36. The van der Waals surface area contributed by atoms with Gasteiger partial charge in [-0.05, 0) is 59.3 Å². The van der Waals surface area contributed by atoms with Gasteiger partial charge in [0.05, 0.1) is 19.8 Å². The molecule has 3 aliphatic rings. The van der Waals surface area contributed by atoms with E-state index in [2.05, 4.69) is 39.3 Å². The number of hydrogen-bond donors (Lipinski definition) is 2. The molecule has 2 N–H and O–H groups in total. The summed E-state index contributed by atoms with van der Waals surface area (Å²) in [6.07, 6.45) is 9.06. The van der Waals surface area contributed by atoms with E-state index >= 15 is 0 Å². The van der Waals surface area contributed by atoms with Gasteiger partial charge in [0, 0.05) is 44.8 Å². The SMILES string of the molecule is CCNC(=NCC1(N2CCOCC2)CCCCC1)NCCCN1CCCN(C)CC1.I. The van der Waals surface area contributed by atoms with E-state index in [1.807, 2.05) is 0 Å². The lowest BCUT2D eigenvalue weighted by Crippen LogP contribution is -2.56. The molecule has 3 fully saturated rings. The van der Waals surface area contributed by atoms with Gasteiger partial charge in [-0.3, -0.25) is 9.89 Å². The number of aliphatic imine (C=N–C) groups is 1. The number of likely N-dealkylation sites (N-methyl/N-ethyl adjacent to an activating group) is 1. The third-order valence-electron chi connectivity index (χ3n) is 7.10. The van der Waals surface area contributed by atoms with Crippen molar-refractivity contribution in [2.75, 3.05) is 85.7 Å². The molecule has 0 bridgehead atoms. The highest BCUT2D eigenvalue weighted by Crippen LogP contribution is 2.34. The van der Waals surface area contributed by atoms with Gasteiger partial charge in [0.15, 0.2) is 5.96 Å². The molecule has 0 radical (unpaired) electrons. The molecule has 0 aromatic carbocycles. The second kappa shape index (κ2) is 14.9. The van der Waals surface area contributed by atoms with Gasteiger partial charge in [-0.1, -0.05) is 19.3 Å². The Morgan fingerprint density at radius 2 is 1.71 bits per heavy atom. The molecule has 2 heterocycles. The number of ether oxygens (including phenoxy) is 1. The molecule has 7 nitrogen and oxygen atoms in total. The van der Waals surface area contributed by atoms with Crippen LogP contribution < -0.4 is 10.6 Å². The maximum absolute atomic E-state index is 5.62. The van der Waals surface area contributed by atoms with Gasteiger partial charge < -0.3 is 25.2 Å². The molecule has 3 rings (SSSR count). The first kappa shape index (κ1) is 27.1. The van der Waals surface area contributed by atoms with Crippen molar-refractivity contribution in [3.8, 4) is 0 Å². The molecule has 0 amide bonds. The molecule has 2 aliphatic heterocycles. The fourth-order valence-corrected chi connectivity index (χ4v) is 5.22. The fraction of sp³-hybridized carbons (Fsp3) is 0.957. The van der Waals surface area contributed by atoms with Crippen LogP contribution in [0.1, 0.15) is 51.9 Å². The van der Waals surface area contributed by atoms with E-state index in [1.54, 1.807) is 0 Å². The minimum Gasteiger partial charge on any atom is -0.379 e. The summed E-state index contributed by atoms with van der Waals surface area (Å²) >= 11 is 0. The Balaban J connectivity index is 0.00000341. The van der Waals surface area contributed by atoms with E-state index in [4.69, 9.17) is 9.73 Å². The van der Waals surface area contributed by atoms with E-state index in [1.165, 1.54) is 77.7 Å². The molecule has 2 saturated heterocycles. The van der Waals surface area contributed by atoms with Crippen molar-refractivity contribution < 1.29 is 4.74 Å². The van der Waals surface area contributed by atoms with Crippen LogP contribution in [0.15, 0.2) is 4.99 Å². The molecule has 8 heteroatoms. The van der Waals surface area contributed by atoms with Crippen LogP contribution in [0, 0.1) is 0 Å². The molecular formula is C23H47IN6O. The Morgan fingerprint density at radius 1 is 0.935 bits per heavy atom. The van der Waals surface area contributed by atoms with Crippen molar-refractivity contribution >= 4 is 29.9 Å². The fourth-order valence-electron chi connectivity index (χ4n) is 5.22.